The van der Waals surface area contributed by atoms with E-state index in [2.05, 4.69) is 9.47 Å². The lowest BCUT2D eigenvalue weighted by Crippen LogP contribution is -2.49. The van der Waals surface area contributed by atoms with Crippen molar-refractivity contribution in [2.45, 2.75) is 62.1 Å². The Balaban J connectivity index is 5.40. The molecule has 0 fully saturated rings. The van der Waals surface area contributed by atoms with E-state index in [1.807, 2.05) is 0 Å². The number of ether oxygens (including phenoxy) is 4. The fraction of sp³-hybridized carbons (Fsp3) is 0.722. The van der Waals surface area contributed by atoms with Crippen molar-refractivity contribution >= 4 is 65.0 Å². The van der Waals surface area contributed by atoms with Crippen molar-refractivity contribution in [2.24, 2.45) is 0 Å². The second-order valence-corrected chi connectivity index (χ2v) is 10.1. The molecule has 1 amide bonds. The molecule has 2 N–H and O–H groups in total. The molecule has 0 aliphatic heterocycles. The second kappa shape index (κ2) is 13.5. The summed E-state index contributed by atoms with van der Waals surface area (Å²) in [5.74, 6) is -3.84. The van der Waals surface area contributed by atoms with Crippen LogP contribution >= 0.6 is 34.8 Å². The Morgan fingerprint density at radius 2 is 1.52 bits per heavy atom. The minimum atomic E-state index is -1.88. The van der Waals surface area contributed by atoms with Crippen molar-refractivity contribution in [3.63, 3.8) is 0 Å². The number of hydrogen-bond donors (Lipinski definition) is 2. The van der Waals surface area contributed by atoms with Gasteiger partial charge in [0.05, 0.1) is 6.61 Å². The fourth-order valence-corrected chi connectivity index (χ4v) is 2.40. The number of hydrogen-bond acceptors (Lipinski definition) is 9. The first-order chi connectivity index (χ1) is 14.9. The predicted octanol–water partition coefficient (Wildman–Crippen LogP) is 3.00. The number of aliphatic carboxylic acids is 2. The molecule has 0 saturated heterocycles. The first kappa shape index (κ1) is 30.8. The van der Waals surface area contributed by atoms with Gasteiger partial charge in [-0.05, 0) is 20.8 Å². The molecule has 0 radical (unpaired) electrons. The van der Waals surface area contributed by atoms with Crippen LogP contribution in [0.3, 0.4) is 0 Å². The van der Waals surface area contributed by atoms with Crippen LogP contribution in [0.2, 0.25) is 0 Å². The molecule has 2 atom stereocenters. The van der Waals surface area contributed by atoms with Crippen LogP contribution in [0.5, 0.6) is 0 Å². The Morgan fingerprint density at radius 3 is 1.94 bits per heavy atom. The van der Waals surface area contributed by atoms with Gasteiger partial charge >= 0.3 is 30.2 Å². The second-order valence-electron chi connectivity index (χ2n) is 7.54. The fourth-order valence-electron chi connectivity index (χ4n) is 2.23. The van der Waals surface area contributed by atoms with Crippen molar-refractivity contribution < 1.29 is 53.1 Å². The largest absolute Gasteiger partial charge is 0.508 e. The zero-order chi connectivity index (χ0) is 26.0. The summed E-state index contributed by atoms with van der Waals surface area (Å²) in [5.41, 5.74) is -1.00. The number of alkyl halides is 3. The molecule has 0 aliphatic rings. The van der Waals surface area contributed by atoms with Gasteiger partial charge in [-0.1, -0.05) is 34.8 Å². The summed E-state index contributed by atoms with van der Waals surface area (Å²) in [6, 6.07) is -1.59. The normalized spacial score (nSPS) is 13.3. The lowest BCUT2D eigenvalue weighted by Gasteiger charge is -2.32. The Hall–Kier alpha value is -2.18. The molecule has 0 aromatic carbocycles. The summed E-state index contributed by atoms with van der Waals surface area (Å²) in [7, 11) is 0. The summed E-state index contributed by atoms with van der Waals surface area (Å²) < 4.78 is 17.3. The molecule has 0 spiro atoms. The van der Waals surface area contributed by atoms with Crippen molar-refractivity contribution in [2.75, 3.05) is 19.8 Å². The quantitative estimate of drug-likeness (QED) is 0.225. The van der Waals surface area contributed by atoms with Crippen LogP contribution in [0, 0.1) is 0 Å². The van der Waals surface area contributed by atoms with E-state index in [4.69, 9.17) is 44.3 Å². The highest BCUT2D eigenvalue weighted by molar-refractivity contribution is 6.67. The van der Waals surface area contributed by atoms with E-state index in [0.29, 0.717) is 0 Å². The van der Waals surface area contributed by atoms with Crippen LogP contribution in [0.15, 0.2) is 0 Å². The van der Waals surface area contributed by atoms with E-state index in [9.17, 15) is 34.2 Å². The minimum absolute atomic E-state index is 0.414. The average Bonchev–Trinajstić information content (AvgIpc) is 2.61. The van der Waals surface area contributed by atoms with Crippen molar-refractivity contribution in [1.29, 1.82) is 0 Å². The molecule has 15 heteroatoms. The lowest BCUT2D eigenvalue weighted by atomic mass is 10.1. The number of rotatable bonds is 11. The van der Waals surface area contributed by atoms with Gasteiger partial charge < -0.3 is 29.2 Å². The third-order valence-electron chi connectivity index (χ3n) is 3.47. The summed E-state index contributed by atoms with van der Waals surface area (Å²) in [5, 5.41) is 18.8. The molecule has 190 valence electrons. The molecule has 0 aromatic rings. The molecule has 33 heavy (non-hydrogen) atoms. The summed E-state index contributed by atoms with van der Waals surface area (Å²) in [4.78, 5) is 59.1. The maximum Gasteiger partial charge on any atom is 0.508 e. The SMILES string of the molecule is CC(=O)O[C@@H](CCN(C(=O)OC(C)(C)C)[C@@H](CCOC(=O)OCC(Cl)(Cl)Cl)C(=O)O)C(=O)O. The average molecular weight is 539 g/mol. The molecular weight excluding hydrogens is 513 g/mol. The maximum absolute atomic E-state index is 12.6. The van der Waals surface area contributed by atoms with Gasteiger partial charge in [0, 0.05) is 26.3 Å². The van der Waals surface area contributed by atoms with Gasteiger partial charge in [0.25, 0.3) is 0 Å². The predicted molar refractivity (Wildman–Crippen MR) is 114 cm³/mol. The highest BCUT2D eigenvalue weighted by atomic mass is 35.6. The molecule has 0 heterocycles. The van der Waals surface area contributed by atoms with E-state index in [-0.39, 0.29) is 0 Å². The van der Waals surface area contributed by atoms with Gasteiger partial charge in [0.15, 0.2) is 6.10 Å². The summed E-state index contributed by atoms with van der Waals surface area (Å²) >= 11 is 16.3. The third-order valence-corrected chi connectivity index (χ3v) is 3.80. The molecule has 0 unspecified atom stereocenters. The van der Waals surface area contributed by atoms with Crippen LogP contribution < -0.4 is 0 Å². The van der Waals surface area contributed by atoms with Crippen LogP contribution in [0.25, 0.3) is 0 Å². The molecule has 12 nitrogen and oxygen atoms in total. The number of carbonyl (C=O) groups excluding carboxylic acids is 3. The van der Waals surface area contributed by atoms with E-state index >= 15 is 0 Å². The van der Waals surface area contributed by atoms with E-state index < -0.39 is 84.3 Å². The number of esters is 1. The third kappa shape index (κ3) is 14.6. The van der Waals surface area contributed by atoms with E-state index in [1.165, 1.54) is 0 Å². The highest BCUT2D eigenvalue weighted by Gasteiger charge is 2.35. The Bertz CT molecular complexity index is 718. The van der Waals surface area contributed by atoms with Gasteiger partial charge in [-0.15, -0.1) is 0 Å². The van der Waals surface area contributed by atoms with E-state index in [1.54, 1.807) is 20.8 Å². The van der Waals surface area contributed by atoms with Crippen LogP contribution in [-0.4, -0.2) is 86.6 Å². The van der Waals surface area contributed by atoms with Crippen molar-refractivity contribution in [1.82, 2.24) is 4.90 Å². The number of carboxylic acids is 2. The van der Waals surface area contributed by atoms with Gasteiger partial charge in [-0.2, -0.15) is 0 Å². The first-order valence-corrected chi connectivity index (χ1v) is 10.5. The van der Waals surface area contributed by atoms with Gasteiger partial charge in [0.2, 0.25) is 3.79 Å². The Morgan fingerprint density at radius 1 is 0.939 bits per heavy atom. The van der Waals surface area contributed by atoms with Crippen molar-refractivity contribution in [3.05, 3.63) is 0 Å². The van der Waals surface area contributed by atoms with E-state index in [0.717, 1.165) is 11.8 Å². The molecular formula is C18H26Cl3NO11. The molecule has 0 aliphatic carbocycles. The Kier molecular flexibility index (Phi) is 12.6. The standard InChI is InChI=1S/C18H26Cl3NO11/c1-10(23)32-12(14(26)27)5-7-22(15(28)33-17(2,3)4)11(13(24)25)6-8-30-16(29)31-9-18(19,20)21/h11-12H,5-9H2,1-4H3,(H,24,25)(H,26,27)/t11-,12-/m0/s1. The van der Waals surface area contributed by atoms with Crippen LogP contribution in [-0.2, 0) is 33.3 Å². The summed E-state index contributed by atoms with van der Waals surface area (Å²) in [6.07, 6.45) is -4.78. The topological polar surface area (TPSA) is 166 Å². The zero-order valence-electron chi connectivity index (χ0n) is 18.3. The smallest absolute Gasteiger partial charge is 0.480 e. The monoisotopic (exact) mass is 537 g/mol. The lowest BCUT2D eigenvalue weighted by molar-refractivity contribution is -0.163. The van der Waals surface area contributed by atoms with Crippen LogP contribution in [0.1, 0.15) is 40.5 Å². The summed E-state index contributed by atoms with van der Waals surface area (Å²) in [6.45, 7) is 4.04. The number of nitrogens with zero attached hydrogens (tertiary/aromatic N) is 1. The first-order valence-electron chi connectivity index (χ1n) is 9.41. The number of halogens is 3. The van der Waals surface area contributed by atoms with Gasteiger partial charge in [0.1, 0.15) is 18.2 Å². The van der Waals surface area contributed by atoms with Gasteiger partial charge in [-0.25, -0.2) is 19.2 Å². The van der Waals surface area contributed by atoms with Crippen LogP contribution in [0.4, 0.5) is 9.59 Å². The Labute approximate surface area is 204 Å². The molecule has 0 aromatic heterocycles. The molecule has 0 bridgehead atoms. The number of amides is 1. The van der Waals surface area contributed by atoms with Crippen molar-refractivity contribution in [3.8, 4) is 0 Å². The van der Waals surface area contributed by atoms with Gasteiger partial charge in [-0.3, -0.25) is 9.69 Å². The zero-order valence-corrected chi connectivity index (χ0v) is 20.6. The maximum atomic E-state index is 12.6. The minimum Gasteiger partial charge on any atom is -0.480 e. The molecule has 0 saturated carbocycles. The number of carboxylic acid groups (broad SMARTS) is 2. The highest BCUT2D eigenvalue weighted by Crippen LogP contribution is 2.26. The molecule has 0 rings (SSSR count). The number of carbonyl (C=O) groups is 5.